The molecular weight excluding hydrogens is 256 g/mol. The van der Waals surface area contributed by atoms with Crippen LogP contribution in [0.15, 0.2) is 18.2 Å². The van der Waals surface area contributed by atoms with Gasteiger partial charge < -0.3 is 20.4 Å². The smallest absolute Gasteiger partial charge is 0.257 e. The molecule has 1 saturated heterocycles. The number of hydrogen-bond donors (Lipinski definition) is 3. The van der Waals surface area contributed by atoms with E-state index in [9.17, 15) is 15.0 Å². The second-order valence-electron chi connectivity index (χ2n) is 5.20. The van der Waals surface area contributed by atoms with Crippen LogP contribution in [-0.4, -0.2) is 46.7 Å². The third kappa shape index (κ3) is 3.22. The first kappa shape index (κ1) is 14.7. The molecule has 1 aromatic carbocycles. The second-order valence-corrected chi connectivity index (χ2v) is 5.20. The fourth-order valence-electron chi connectivity index (χ4n) is 2.65. The van der Waals surface area contributed by atoms with Crippen molar-refractivity contribution >= 4 is 5.91 Å². The summed E-state index contributed by atoms with van der Waals surface area (Å²) in [4.78, 5) is 14.5. The van der Waals surface area contributed by atoms with Crippen LogP contribution in [0.4, 0.5) is 0 Å². The lowest BCUT2D eigenvalue weighted by Gasteiger charge is -2.34. The van der Waals surface area contributed by atoms with E-state index in [0.717, 1.165) is 32.4 Å². The fourth-order valence-corrected chi connectivity index (χ4v) is 2.65. The number of benzene rings is 1. The van der Waals surface area contributed by atoms with Gasteiger partial charge in [0.25, 0.3) is 5.91 Å². The maximum absolute atomic E-state index is 12.6. The minimum absolute atomic E-state index is 0.0413. The third-order valence-electron chi connectivity index (χ3n) is 3.65. The normalized spacial score (nSPS) is 18.8. The van der Waals surface area contributed by atoms with Crippen molar-refractivity contribution in [3.05, 3.63) is 23.8 Å². The summed E-state index contributed by atoms with van der Waals surface area (Å²) in [7, 11) is 0. The predicted molar refractivity (Wildman–Crippen MR) is 77.0 cm³/mol. The first-order valence-corrected chi connectivity index (χ1v) is 7.17. The van der Waals surface area contributed by atoms with Gasteiger partial charge in [0.15, 0.2) is 0 Å². The molecule has 0 saturated carbocycles. The van der Waals surface area contributed by atoms with Crippen LogP contribution in [0.2, 0.25) is 0 Å². The van der Waals surface area contributed by atoms with E-state index in [4.69, 9.17) is 0 Å². The summed E-state index contributed by atoms with van der Waals surface area (Å²) in [6, 6.07) is 4.28. The van der Waals surface area contributed by atoms with Crippen molar-refractivity contribution in [2.45, 2.75) is 32.2 Å². The Bertz CT molecular complexity index is 470. The molecule has 0 aliphatic carbocycles. The van der Waals surface area contributed by atoms with E-state index < -0.39 is 0 Å². The van der Waals surface area contributed by atoms with E-state index in [1.807, 2.05) is 11.8 Å². The number of nitrogens with one attached hydrogen (secondary N) is 1. The van der Waals surface area contributed by atoms with Crippen molar-refractivity contribution in [1.82, 2.24) is 10.2 Å². The Balaban J connectivity index is 2.21. The average Bonchev–Trinajstić information content (AvgIpc) is 2.45. The van der Waals surface area contributed by atoms with Gasteiger partial charge in [0, 0.05) is 25.2 Å². The lowest BCUT2D eigenvalue weighted by Crippen LogP contribution is -2.49. The summed E-state index contributed by atoms with van der Waals surface area (Å²) >= 11 is 0. The average molecular weight is 278 g/mol. The quantitative estimate of drug-likeness (QED) is 0.784. The van der Waals surface area contributed by atoms with E-state index in [1.165, 1.54) is 18.2 Å². The van der Waals surface area contributed by atoms with E-state index in [1.54, 1.807) is 0 Å². The molecule has 0 aromatic heterocycles. The topological polar surface area (TPSA) is 72.8 Å². The van der Waals surface area contributed by atoms with E-state index in [2.05, 4.69) is 5.32 Å². The van der Waals surface area contributed by atoms with Gasteiger partial charge in [-0.15, -0.1) is 0 Å². The molecule has 2 rings (SSSR count). The van der Waals surface area contributed by atoms with Crippen molar-refractivity contribution < 1.29 is 15.0 Å². The fraction of sp³-hybridized carbons (Fsp3) is 0.533. The van der Waals surface area contributed by atoms with Gasteiger partial charge in [0.1, 0.15) is 11.5 Å². The van der Waals surface area contributed by atoms with Crippen molar-refractivity contribution in [3.63, 3.8) is 0 Å². The van der Waals surface area contributed by atoms with Crippen molar-refractivity contribution in [2.75, 3.05) is 19.6 Å². The molecule has 1 fully saturated rings. The molecule has 20 heavy (non-hydrogen) atoms. The largest absolute Gasteiger partial charge is 0.508 e. The molecule has 1 atom stereocenters. The summed E-state index contributed by atoms with van der Waals surface area (Å²) in [5.41, 5.74) is 0.252. The molecule has 110 valence electrons. The first-order chi connectivity index (χ1) is 9.63. The van der Waals surface area contributed by atoms with Gasteiger partial charge in [-0.25, -0.2) is 0 Å². The van der Waals surface area contributed by atoms with Crippen LogP contribution in [0.1, 0.15) is 36.5 Å². The second kappa shape index (κ2) is 6.61. The highest BCUT2D eigenvalue weighted by molar-refractivity contribution is 5.97. The number of aromatic hydroxyl groups is 2. The Labute approximate surface area is 119 Å². The summed E-state index contributed by atoms with van der Waals surface area (Å²) in [5, 5.41) is 22.5. The summed E-state index contributed by atoms with van der Waals surface area (Å²) in [5.74, 6) is -0.377. The molecule has 5 nitrogen and oxygen atoms in total. The number of piperidine rings is 1. The van der Waals surface area contributed by atoms with Crippen LogP contribution in [0.3, 0.4) is 0 Å². The van der Waals surface area contributed by atoms with Crippen LogP contribution < -0.4 is 5.32 Å². The molecule has 0 radical (unpaired) electrons. The van der Waals surface area contributed by atoms with E-state index in [-0.39, 0.29) is 29.0 Å². The highest BCUT2D eigenvalue weighted by Gasteiger charge is 2.27. The van der Waals surface area contributed by atoms with Crippen LogP contribution in [0, 0.1) is 0 Å². The minimum Gasteiger partial charge on any atom is -0.508 e. The van der Waals surface area contributed by atoms with Gasteiger partial charge in [-0.05, 0) is 37.9 Å². The molecule has 1 amide bonds. The highest BCUT2D eigenvalue weighted by Crippen LogP contribution is 2.25. The molecule has 0 bridgehead atoms. The van der Waals surface area contributed by atoms with Crippen molar-refractivity contribution in [3.8, 4) is 11.5 Å². The maximum atomic E-state index is 12.6. The Morgan fingerprint density at radius 2 is 2.25 bits per heavy atom. The number of amides is 1. The molecule has 3 N–H and O–H groups in total. The summed E-state index contributed by atoms with van der Waals surface area (Å²) in [6.07, 6.45) is 2.92. The van der Waals surface area contributed by atoms with Gasteiger partial charge in [0.2, 0.25) is 0 Å². The Hall–Kier alpha value is -1.75. The lowest BCUT2D eigenvalue weighted by atomic mass is 10.0. The van der Waals surface area contributed by atoms with Crippen LogP contribution in [0.25, 0.3) is 0 Å². The van der Waals surface area contributed by atoms with Gasteiger partial charge in [0.05, 0.1) is 5.56 Å². The van der Waals surface area contributed by atoms with Gasteiger partial charge >= 0.3 is 0 Å². The van der Waals surface area contributed by atoms with E-state index in [0.29, 0.717) is 6.54 Å². The number of carbonyl (C=O) groups is 1. The Morgan fingerprint density at radius 1 is 1.45 bits per heavy atom. The van der Waals surface area contributed by atoms with Crippen molar-refractivity contribution in [2.24, 2.45) is 0 Å². The number of nitrogens with zero attached hydrogens (tertiary/aromatic N) is 1. The van der Waals surface area contributed by atoms with Crippen LogP contribution in [-0.2, 0) is 0 Å². The lowest BCUT2D eigenvalue weighted by molar-refractivity contribution is 0.0646. The van der Waals surface area contributed by atoms with Gasteiger partial charge in [-0.3, -0.25) is 4.79 Å². The molecular formula is C15H22N2O3. The Morgan fingerprint density at radius 3 is 2.85 bits per heavy atom. The summed E-state index contributed by atoms with van der Waals surface area (Å²) in [6.45, 7) is 4.50. The molecule has 1 aromatic rings. The van der Waals surface area contributed by atoms with Gasteiger partial charge in [-0.1, -0.05) is 6.92 Å². The minimum atomic E-state index is -0.168. The molecule has 0 spiro atoms. The van der Waals surface area contributed by atoms with Gasteiger partial charge in [-0.2, -0.15) is 0 Å². The first-order valence-electron chi connectivity index (χ1n) is 7.17. The zero-order chi connectivity index (χ0) is 14.5. The number of phenolic OH excluding ortho intramolecular Hbond substituents is 2. The molecule has 5 heteroatoms. The number of carbonyl (C=O) groups excluding carboxylic acids is 1. The number of rotatable bonds is 4. The van der Waals surface area contributed by atoms with E-state index >= 15 is 0 Å². The molecule has 1 heterocycles. The predicted octanol–water partition coefficient (Wildman–Crippen LogP) is 1.70. The zero-order valence-corrected chi connectivity index (χ0v) is 11.8. The maximum Gasteiger partial charge on any atom is 0.257 e. The summed E-state index contributed by atoms with van der Waals surface area (Å²) < 4.78 is 0. The number of hydrogen-bond acceptors (Lipinski definition) is 4. The van der Waals surface area contributed by atoms with Crippen LogP contribution >= 0.6 is 0 Å². The van der Waals surface area contributed by atoms with Crippen molar-refractivity contribution in [1.29, 1.82) is 0 Å². The number of phenols is 2. The molecule has 1 aliphatic rings. The van der Waals surface area contributed by atoms with Crippen LogP contribution in [0.5, 0.6) is 11.5 Å². The zero-order valence-electron chi connectivity index (χ0n) is 11.8. The monoisotopic (exact) mass is 278 g/mol. The molecule has 1 aliphatic heterocycles. The Kier molecular flexibility index (Phi) is 4.84. The third-order valence-corrected chi connectivity index (χ3v) is 3.65. The highest BCUT2D eigenvalue weighted by atomic mass is 16.3. The standard InChI is InChI=1S/C15H22N2O3/c1-2-8-17(11-4-3-7-16-10-11)15(20)13-6-5-12(18)9-14(13)19/h5-6,9,11,16,18-19H,2-4,7-8,10H2,1H3. The SMILES string of the molecule is CCCN(C(=O)c1ccc(O)cc1O)C1CCCNC1. The molecule has 1 unspecified atom stereocenters.